The number of carbonyl (C=O) groups is 1. The van der Waals surface area contributed by atoms with E-state index in [4.69, 9.17) is 4.42 Å². The summed E-state index contributed by atoms with van der Waals surface area (Å²) in [5.74, 6) is 1.34. The molecule has 28 heavy (non-hydrogen) atoms. The molecule has 0 aliphatic carbocycles. The summed E-state index contributed by atoms with van der Waals surface area (Å²) < 4.78 is 5.74. The van der Waals surface area contributed by atoms with Crippen molar-refractivity contribution >= 4 is 17.7 Å². The summed E-state index contributed by atoms with van der Waals surface area (Å²) >= 11 is 1.32. The van der Waals surface area contributed by atoms with Crippen LogP contribution in [0.1, 0.15) is 35.4 Å². The maximum absolute atomic E-state index is 12.6. The smallest absolute Gasteiger partial charge is 0.277 e. The van der Waals surface area contributed by atoms with Crippen LogP contribution in [0, 0.1) is 0 Å². The minimum absolute atomic E-state index is 0.108. The minimum atomic E-state index is 0.108. The van der Waals surface area contributed by atoms with E-state index < -0.39 is 0 Å². The molecule has 0 N–H and O–H groups in total. The van der Waals surface area contributed by atoms with Crippen molar-refractivity contribution in [2.75, 3.05) is 12.3 Å². The fraction of sp³-hybridized carbons (Fsp3) is 0.318. The molecular formula is C22H23N3O2S. The van der Waals surface area contributed by atoms with Gasteiger partial charge >= 0.3 is 0 Å². The maximum atomic E-state index is 12.6. The zero-order valence-electron chi connectivity index (χ0n) is 15.9. The Bertz CT molecular complexity index is 942. The average Bonchev–Trinajstić information content (AvgIpc) is 3.19. The molecule has 1 atom stereocenters. The second-order valence-electron chi connectivity index (χ2n) is 7.10. The standard InChI is InChI=1S/C22H23N3O2S/c1-16(17-7-3-2-4-8-17)13-20-23-24-22(27-20)28-15-21(26)25-12-11-18-9-5-6-10-19(18)14-25/h2-10,16H,11-15H2,1H3. The Morgan fingerprint density at radius 1 is 1.11 bits per heavy atom. The molecule has 2 aromatic carbocycles. The zero-order valence-corrected chi connectivity index (χ0v) is 16.7. The van der Waals surface area contributed by atoms with Gasteiger partial charge in [-0.1, -0.05) is 73.3 Å². The van der Waals surface area contributed by atoms with Gasteiger partial charge in [0.05, 0.1) is 5.75 Å². The Balaban J connectivity index is 1.29. The summed E-state index contributed by atoms with van der Waals surface area (Å²) in [7, 11) is 0. The van der Waals surface area contributed by atoms with E-state index in [9.17, 15) is 4.79 Å². The third-order valence-corrected chi connectivity index (χ3v) is 5.90. The third kappa shape index (κ3) is 4.44. The van der Waals surface area contributed by atoms with Gasteiger partial charge < -0.3 is 9.32 Å². The average molecular weight is 394 g/mol. The largest absolute Gasteiger partial charge is 0.416 e. The van der Waals surface area contributed by atoms with Crippen molar-refractivity contribution in [3.05, 3.63) is 77.2 Å². The molecule has 0 saturated heterocycles. The normalized spacial score (nSPS) is 14.5. The number of hydrogen-bond acceptors (Lipinski definition) is 5. The fourth-order valence-electron chi connectivity index (χ4n) is 3.46. The first-order chi connectivity index (χ1) is 13.7. The van der Waals surface area contributed by atoms with E-state index in [1.165, 1.54) is 28.5 Å². The molecule has 1 aliphatic heterocycles. The number of amides is 1. The highest BCUT2D eigenvalue weighted by Crippen LogP contribution is 2.24. The zero-order chi connectivity index (χ0) is 19.3. The Labute approximate surface area is 169 Å². The van der Waals surface area contributed by atoms with Gasteiger partial charge in [0.1, 0.15) is 0 Å². The molecule has 1 aromatic heterocycles. The molecule has 2 heterocycles. The molecular weight excluding hydrogens is 370 g/mol. The third-order valence-electron chi connectivity index (χ3n) is 5.10. The van der Waals surface area contributed by atoms with Crippen LogP contribution in [-0.2, 0) is 24.2 Å². The van der Waals surface area contributed by atoms with Crippen molar-refractivity contribution < 1.29 is 9.21 Å². The quantitative estimate of drug-likeness (QED) is 0.590. The first-order valence-corrected chi connectivity index (χ1v) is 10.5. The molecule has 0 fully saturated rings. The summed E-state index contributed by atoms with van der Waals surface area (Å²) in [6.07, 6.45) is 1.60. The molecule has 0 radical (unpaired) electrons. The minimum Gasteiger partial charge on any atom is -0.416 e. The topological polar surface area (TPSA) is 59.2 Å². The van der Waals surface area contributed by atoms with Gasteiger partial charge in [0.2, 0.25) is 11.8 Å². The molecule has 144 valence electrons. The summed E-state index contributed by atoms with van der Waals surface area (Å²) in [5, 5.41) is 8.69. The number of carbonyl (C=O) groups excluding carboxylic acids is 1. The monoisotopic (exact) mass is 393 g/mol. The molecule has 5 nitrogen and oxygen atoms in total. The molecule has 0 spiro atoms. The van der Waals surface area contributed by atoms with E-state index in [1.807, 2.05) is 29.2 Å². The van der Waals surface area contributed by atoms with Gasteiger partial charge in [0.15, 0.2) is 0 Å². The highest BCUT2D eigenvalue weighted by Gasteiger charge is 2.21. The molecule has 4 rings (SSSR count). The Kier molecular flexibility index (Phi) is 5.76. The summed E-state index contributed by atoms with van der Waals surface area (Å²) in [6, 6.07) is 18.6. The van der Waals surface area contributed by atoms with Gasteiger partial charge in [0, 0.05) is 19.5 Å². The number of aromatic nitrogens is 2. The Hall–Kier alpha value is -2.60. The lowest BCUT2D eigenvalue weighted by Crippen LogP contribution is -2.37. The first kappa shape index (κ1) is 18.7. The van der Waals surface area contributed by atoms with Gasteiger partial charge in [-0.25, -0.2) is 0 Å². The lowest BCUT2D eigenvalue weighted by molar-refractivity contribution is -0.129. The van der Waals surface area contributed by atoms with Crippen molar-refractivity contribution in [3.8, 4) is 0 Å². The van der Waals surface area contributed by atoms with E-state index in [-0.39, 0.29) is 5.91 Å². The number of fused-ring (bicyclic) bond motifs is 1. The summed E-state index contributed by atoms with van der Waals surface area (Å²) in [4.78, 5) is 14.5. The SMILES string of the molecule is CC(Cc1nnc(SCC(=O)N2CCc3ccccc3C2)o1)c1ccccc1. The van der Waals surface area contributed by atoms with E-state index in [1.54, 1.807) is 0 Å². The molecule has 1 unspecified atom stereocenters. The second-order valence-corrected chi connectivity index (χ2v) is 8.03. The predicted molar refractivity (Wildman–Crippen MR) is 109 cm³/mol. The van der Waals surface area contributed by atoms with Crippen molar-refractivity contribution in [3.63, 3.8) is 0 Å². The Morgan fingerprint density at radius 2 is 1.86 bits per heavy atom. The molecule has 1 aliphatic rings. The first-order valence-electron chi connectivity index (χ1n) is 9.53. The summed E-state index contributed by atoms with van der Waals surface area (Å²) in [6.45, 7) is 3.59. The second kappa shape index (κ2) is 8.61. The van der Waals surface area contributed by atoms with E-state index in [0.717, 1.165) is 13.0 Å². The lowest BCUT2D eigenvalue weighted by Gasteiger charge is -2.28. The number of benzene rings is 2. The van der Waals surface area contributed by atoms with Crippen LogP contribution < -0.4 is 0 Å². The number of nitrogens with zero attached hydrogens (tertiary/aromatic N) is 3. The Morgan fingerprint density at radius 3 is 2.68 bits per heavy atom. The summed E-state index contributed by atoms with van der Waals surface area (Å²) in [5.41, 5.74) is 3.82. The van der Waals surface area contributed by atoms with Crippen molar-refractivity contribution in [1.29, 1.82) is 0 Å². The molecule has 6 heteroatoms. The molecule has 3 aromatic rings. The van der Waals surface area contributed by atoms with Crippen LogP contribution in [0.25, 0.3) is 0 Å². The van der Waals surface area contributed by atoms with Crippen LogP contribution in [0.4, 0.5) is 0 Å². The molecule has 0 bridgehead atoms. The van der Waals surface area contributed by atoms with Crippen molar-refractivity contribution in [2.24, 2.45) is 0 Å². The number of thioether (sulfide) groups is 1. The van der Waals surface area contributed by atoms with E-state index in [0.29, 0.717) is 35.7 Å². The van der Waals surface area contributed by atoms with Crippen LogP contribution in [0.2, 0.25) is 0 Å². The van der Waals surface area contributed by atoms with E-state index >= 15 is 0 Å². The number of hydrogen-bond donors (Lipinski definition) is 0. The maximum Gasteiger partial charge on any atom is 0.277 e. The van der Waals surface area contributed by atoms with Crippen LogP contribution in [0.15, 0.2) is 64.2 Å². The van der Waals surface area contributed by atoms with Crippen molar-refractivity contribution in [1.82, 2.24) is 15.1 Å². The highest BCUT2D eigenvalue weighted by molar-refractivity contribution is 7.99. The van der Waals surface area contributed by atoms with Crippen LogP contribution in [0.5, 0.6) is 0 Å². The predicted octanol–water partition coefficient (Wildman–Crippen LogP) is 4.09. The highest BCUT2D eigenvalue weighted by atomic mass is 32.2. The van der Waals surface area contributed by atoms with Gasteiger partial charge in [0.25, 0.3) is 5.22 Å². The van der Waals surface area contributed by atoms with Gasteiger partial charge in [-0.2, -0.15) is 0 Å². The molecule has 0 saturated carbocycles. The molecule has 1 amide bonds. The van der Waals surface area contributed by atoms with Gasteiger partial charge in [-0.3, -0.25) is 4.79 Å². The fourth-order valence-corrected chi connectivity index (χ4v) is 4.15. The number of rotatable bonds is 6. The van der Waals surface area contributed by atoms with Gasteiger partial charge in [-0.05, 0) is 29.0 Å². The van der Waals surface area contributed by atoms with Crippen molar-refractivity contribution in [2.45, 2.75) is 37.5 Å². The van der Waals surface area contributed by atoms with Crippen LogP contribution in [-0.4, -0.2) is 33.3 Å². The van der Waals surface area contributed by atoms with Crippen LogP contribution >= 0.6 is 11.8 Å². The van der Waals surface area contributed by atoms with Crippen LogP contribution in [0.3, 0.4) is 0 Å². The van der Waals surface area contributed by atoms with E-state index in [2.05, 4.69) is 47.5 Å². The van der Waals surface area contributed by atoms with Gasteiger partial charge in [-0.15, -0.1) is 10.2 Å². The lowest BCUT2D eigenvalue weighted by atomic mass is 9.98.